The predicted molar refractivity (Wildman–Crippen MR) is 67.9 cm³/mol. The molecule has 0 spiro atoms. The summed E-state index contributed by atoms with van der Waals surface area (Å²) < 4.78 is 0. The van der Waals surface area contributed by atoms with Gasteiger partial charge in [-0.05, 0) is 12.8 Å². The number of hydrogen-bond acceptors (Lipinski definition) is 4. The summed E-state index contributed by atoms with van der Waals surface area (Å²) in [5, 5.41) is 10.6. The molecule has 0 unspecified atom stereocenters. The van der Waals surface area contributed by atoms with Crippen LogP contribution in [0.1, 0.15) is 57.8 Å². The maximum atomic E-state index is 10.6. The van der Waals surface area contributed by atoms with Crippen LogP contribution in [0.25, 0.3) is 0 Å². The maximum absolute atomic E-state index is 10.6. The first-order valence-electron chi connectivity index (χ1n) is 6.54. The number of carbonyl (C=O) groups is 2. The van der Waals surface area contributed by atoms with Crippen LogP contribution in [-0.2, 0) is 9.68 Å². The molecule has 0 aliphatic heterocycles. The van der Waals surface area contributed by atoms with E-state index >= 15 is 0 Å². The van der Waals surface area contributed by atoms with Gasteiger partial charge in [0.15, 0.2) is 0 Å². The van der Waals surface area contributed by atoms with E-state index in [0.717, 1.165) is 44.9 Å². The van der Waals surface area contributed by atoms with E-state index in [1.807, 2.05) is 0 Å². The second kappa shape index (κ2) is 12.2. The van der Waals surface area contributed by atoms with Gasteiger partial charge in [0.2, 0.25) is 0 Å². The lowest BCUT2D eigenvalue weighted by molar-refractivity contribution is -0.234. The minimum absolute atomic E-state index is 0.287. The van der Waals surface area contributed by atoms with Crippen LogP contribution in [0.15, 0.2) is 0 Å². The van der Waals surface area contributed by atoms with E-state index in [4.69, 9.17) is 11.0 Å². The van der Waals surface area contributed by atoms with Crippen LogP contribution in [0.5, 0.6) is 0 Å². The lowest BCUT2D eigenvalue weighted by atomic mass is 10.1. The van der Waals surface area contributed by atoms with Crippen molar-refractivity contribution in [3.63, 3.8) is 0 Å². The smallest absolute Gasteiger partial charge is 0.342 e. The molecule has 0 aromatic carbocycles. The number of amides is 2. The van der Waals surface area contributed by atoms with Crippen LogP contribution < -0.4 is 11.1 Å². The van der Waals surface area contributed by atoms with Gasteiger partial charge in [-0.3, -0.25) is 0 Å². The largest absolute Gasteiger partial charge is 0.352 e. The first kappa shape index (κ1) is 16.7. The van der Waals surface area contributed by atoms with E-state index in [-0.39, 0.29) is 6.42 Å². The minimum Gasteiger partial charge on any atom is -0.352 e. The van der Waals surface area contributed by atoms with Crippen molar-refractivity contribution in [1.29, 1.82) is 0 Å². The molecule has 0 heterocycles. The number of hydrogen-bond donors (Lipinski definition) is 3. The number of nitrogens with two attached hydrogens (primary N) is 1. The molecule has 0 bridgehead atoms. The van der Waals surface area contributed by atoms with E-state index in [2.05, 4.69) is 10.2 Å². The van der Waals surface area contributed by atoms with Gasteiger partial charge in [-0.1, -0.05) is 38.5 Å². The summed E-state index contributed by atoms with van der Waals surface area (Å²) in [6, 6.07) is -0.462. The summed E-state index contributed by atoms with van der Waals surface area (Å²) in [6.45, 7) is 0.651. The summed E-state index contributed by atoms with van der Waals surface area (Å²) in [7, 11) is 0. The Kier molecular flexibility index (Phi) is 11.3. The molecule has 106 valence electrons. The van der Waals surface area contributed by atoms with Crippen LogP contribution in [0, 0.1) is 0 Å². The van der Waals surface area contributed by atoms with Gasteiger partial charge in [0, 0.05) is 13.0 Å². The van der Waals surface area contributed by atoms with Crippen LogP contribution in [0.3, 0.4) is 0 Å². The molecule has 0 radical (unpaired) electrons. The molecule has 0 aromatic rings. The lowest BCUT2D eigenvalue weighted by Gasteiger charge is -2.02. The average Bonchev–Trinajstić information content (AvgIpc) is 2.35. The number of unbranched alkanes of at least 4 members (excludes halogenated alkanes) is 7. The standard InChI is InChI=1S/C12H24N2O4/c13-12(16)14-10-8-6-4-2-1-3-5-7-9-11(15)18-17/h17H,1-10H2,(H3,13,14,16). The summed E-state index contributed by atoms with van der Waals surface area (Å²) in [6.07, 6.45) is 8.66. The Hall–Kier alpha value is -1.30. The Bertz CT molecular complexity index is 234. The summed E-state index contributed by atoms with van der Waals surface area (Å²) in [5.74, 6) is -0.558. The summed E-state index contributed by atoms with van der Waals surface area (Å²) in [5.41, 5.74) is 4.93. The zero-order chi connectivity index (χ0) is 13.6. The third kappa shape index (κ3) is 12.8. The number of rotatable bonds is 11. The van der Waals surface area contributed by atoms with Gasteiger partial charge in [-0.25, -0.2) is 9.59 Å². The van der Waals surface area contributed by atoms with Crippen molar-refractivity contribution in [3.05, 3.63) is 0 Å². The van der Waals surface area contributed by atoms with Gasteiger partial charge in [-0.2, -0.15) is 5.26 Å². The van der Waals surface area contributed by atoms with Gasteiger partial charge < -0.3 is 15.9 Å². The quantitative estimate of drug-likeness (QED) is 0.301. The Morgan fingerprint density at radius 3 is 1.94 bits per heavy atom. The fourth-order valence-electron chi connectivity index (χ4n) is 1.71. The average molecular weight is 260 g/mol. The zero-order valence-electron chi connectivity index (χ0n) is 10.8. The number of primary amides is 1. The molecule has 0 aromatic heterocycles. The molecular weight excluding hydrogens is 236 g/mol. The predicted octanol–water partition coefficient (Wildman–Crippen LogP) is 2.18. The van der Waals surface area contributed by atoms with Crippen LogP contribution in [0.2, 0.25) is 0 Å². The van der Waals surface area contributed by atoms with Gasteiger partial charge in [0.25, 0.3) is 0 Å². The zero-order valence-corrected chi connectivity index (χ0v) is 10.8. The molecule has 4 N–H and O–H groups in total. The Balaban J connectivity index is 3.03. The monoisotopic (exact) mass is 260 g/mol. The highest BCUT2D eigenvalue weighted by Gasteiger charge is 2.00. The molecular formula is C12H24N2O4. The third-order valence-electron chi connectivity index (χ3n) is 2.71. The molecule has 0 rings (SSSR count). The minimum atomic E-state index is -0.558. The summed E-state index contributed by atoms with van der Waals surface area (Å²) >= 11 is 0. The fourth-order valence-corrected chi connectivity index (χ4v) is 1.71. The Morgan fingerprint density at radius 1 is 0.944 bits per heavy atom. The molecule has 0 fully saturated rings. The molecule has 0 atom stereocenters. The molecule has 6 heteroatoms. The molecule has 0 saturated heterocycles. The number of urea groups is 1. The van der Waals surface area contributed by atoms with E-state index < -0.39 is 12.0 Å². The molecule has 0 saturated carbocycles. The molecule has 0 aliphatic rings. The van der Waals surface area contributed by atoms with Crippen molar-refractivity contribution in [1.82, 2.24) is 5.32 Å². The van der Waals surface area contributed by atoms with Crippen molar-refractivity contribution >= 4 is 12.0 Å². The van der Waals surface area contributed by atoms with Crippen LogP contribution in [0.4, 0.5) is 4.79 Å². The second-order valence-electron chi connectivity index (χ2n) is 4.33. The Labute approximate surface area is 108 Å². The van der Waals surface area contributed by atoms with Gasteiger partial charge >= 0.3 is 12.0 Å². The van der Waals surface area contributed by atoms with E-state index in [9.17, 15) is 9.59 Å². The van der Waals surface area contributed by atoms with Crippen molar-refractivity contribution in [2.45, 2.75) is 57.8 Å². The van der Waals surface area contributed by atoms with Crippen molar-refractivity contribution in [2.24, 2.45) is 5.73 Å². The second-order valence-corrected chi connectivity index (χ2v) is 4.33. The van der Waals surface area contributed by atoms with Gasteiger partial charge in [0.1, 0.15) is 0 Å². The number of nitrogens with one attached hydrogen (secondary N) is 1. The normalized spacial score (nSPS) is 10.1. The SMILES string of the molecule is NC(=O)NCCCCCCCCCCC(=O)OO. The van der Waals surface area contributed by atoms with E-state index in [1.165, 1.54) is 6.42 Å². The molecule has 18 heavy (non-hydrogen) atoms. The highest BCUT2D eigenvalue weighted by Crippen LogP contribution is 2.09. The lowest BCUT2D eigenvalue weighted by Crippen LogP contribution is -2.29. The van der Waals surface area contributed by atoms with Gasteiger partial charge in [0.05, 0.1) is 0 Å². The van der Waals surface area contributed by atoms with E-state index in [0.29, 0.717) is 6.54 Å². The van der Waals surface area contributed by atoms with Crippen molar-refractivity contribution in [3.8, 4) is 0 Å². The number of carbonyl (C=O) groups excluding carboxylic acids is 2. The fraction of sp³-hybridized carbons (Fsp3) is 0.833. The summed E-state index contributed by atoms with van der Waals surface area (Å²) in [4.78, 5) is 24.5. The topological polar surface area (TPSA) is 102 Å². The molecule has 6 nitrogen and oxygen atoms in total. The molecule has 2 amide bonds. The van der Waals surface area contributed by atoms with Crippen LogP contribution >= 0.6 is 0 Å². The van der Waals surface area contributed by atoms with Crippen molar-refractivity contribution < 1.29 is 19.7 Å². The van der Waals surface area contributed by atoms with Gasteiger partial charge in [-0.15, -0.1) is 0 Å². The first-order valence-corrected chi connectivity index (χ1v) is 6.54. The van der Waals surface area contributed by atoms with E-state index in [1.54, 1.807) is 0 Å². The first-order chi connectivity index (χ1) is 8.66. The molecule has 0 aliphatic carbocycles. The highest BCUT2D eigenvalue weighted by atomic mass is 17.1. The Morgan fingerprint density at radius 2 is 1.44 bits per heavy atom. The maximum Gasteiger partial charge on any atom is 0.342 e. The van der Waals surface area contributed by atoms with Crippen LogP contribution in [-0.4, -0.2) is 23.8 Å². The highest BCUT2D eigenvalue weighted by molar-refractivity contribution is 5.71. The third-order valence-corrected chi connectivity index (χ3v) is 2.71. The van der Waals surface area contributed by atoms with Crippen molar-refractivity contribution in [2.75, 3.05) is 6.54 Å².